The molecule has 0 bridgehead atoms. The molecule has 194 valence electrons. The van der Waals surface area contributed by atoms with E-state index < -0.39 is 5.82 Å². The standard InChI is InChI=1S/C28H26FN7O.ClH/c1-4-35-27(14-19(3)34-35)28(37)33-24-16-25(23(29)13-18(24)2)32-22-9-8-20-17-31-36(26(20)15-22)12-10-21-7-5-6-11-30-21;/h5-17,32H,4H2,1-3H3,(H,33,37);1H. The highest BCUT2D eigenvalue weighted by atomic mass is 35.5. The van der Waals surface area contributed by atoms with E-state index in [1.165, 1.54) is 6.07 Å². The number of benzene rings is 2. The fourth-order valence-electron chi connectivity index (χ4n) is 4.07. The van der Waals surface area contributed by atoms with Crippen LogP contribution in [0.4, 0.5) is 21.5 Å². The van der Waals surface area contributed by atoms with Crippen molar-refractivity contribution in [3.8, 4) is 0 Å². The molecule has 38 heavy (non-hydrogen) atoms. The van der Waals surface area contributed by atoms with Crippen LogP contribution in [0.15, 0.2) is 67.0 Å². The molecule has 1 amide bonds. The highest BCUT2D eigenvalue weighted by Crippen LogP contribution is 2.29. The van der Waals surface area contributed by atoms with Crippen LogP contribution in [0.1, 0.15) is 34.4 Å². The zero-order valence-corrected chi connectivity index (χ0v) is 22.0. The molecule has 0 atom stereocenters. The van der Waals surface area contributed by atoms with Gasteiger partial charge in [0.15, 0.2) is 0 Å². The molecule has 0 fully saturated rings. The number of hydrogen-bond donors (Lipinski definition) is 2. The number of aryl methyl sites for hydroxylation is 3. The van der Waals surface area contributed by atoms with E-state index in [0.29, 0.717) is 29.2 Å². The van der Waals surface area contributed by atoms with Crippen LogP contribution >= 0.6 is 12.4 Å². The van der Waals surface area contributed by atoms with E-state index in [9.17, 15) is 9.18 Å². The molecule has 3 aromatic heterocycles. The summed E-state index contributed by atoms with van der Waals surface area (Å²) in [5.41, 5.74) is 4.93. The largest absolute Gasteiger partial charge is 0.353 e. The van der Waals surface area contributed by atoms with Crippen molar-refractivity contribution >= 4 is 58.6 Å². The van der Waals surface area contributed by atoms with E-state index in [4.69, 9.17) is 0 Å². The highest BCUT2D eigenvalue weighted by Gasteiger charge is 2.16. The number of amides is 1. The maximum Gasteiger partial charge on any atom is 0.273 e. The number of halogens is 2. The molecule has 8 nitrogen and oxygen atoms in total. The number of carbonyl (C=O) groups is 1. The molecule has 0 saturated carbocycles. The van der Waals surface area contributed by atoms with Crippen molar-refractivity contribution < 1.29 is 9.18 Å². The van der Waals surface area contributed by atoms with Crippen LogP contribution in [0.25, 0.3) is 23.2 Å². The number of pyridine rings is 1. The van der Waals surface area contributed by atoms with Gasteiger partial charge in [0.05, 0.1) is 28.8 Å². The smallest absolute Gasteiger partial charge is 0.273 e. The maximum absolute atomic E-state index is 14.9. The third kappa shape index (κ3) is 5.57. The first-order chi connectivity index (χ1) is 17.9. The number of rotatable bonds is 7. The third-order valence-corrected chi connectivity index (χ3v) is 5.95. The Morgan fingerprint density at radius 3 is 2.68 bits per heavy atom. The molecule has 10 heteroatoms. The molecular weight excluding hydrogens is 505 g/mol. The van der Waals surface area contributed by atoms with Gasteiger partial charge in [0, 0.05) is 35.7 Å². The average Bonchev–Trinajstić information content (AvgIpc) is 3.48. The Balaban J connectivity index is 0.00000336. The number of carbonyl (C=O) groups excluding carboxylic acids is 1. The quantitative estimate of drug-likeness (QED) is 0.252. The highest BCUT2D eigenvalue weighted by molar-refractivity contribution is 6.04. The van der Waals surface area contributed by atoms with Crippen LogP contribution in [0, 0.1) is 19.7 Å². The maximum atomic E-state index is 14.9. The molecule has 0 aliphatic carbocycles. The SMILES string of the molecule is CCn1nc(C)cc1C(=O)Nc1cc(Nc2ccc3cnn(C=Cc4ccccn4)c3c2)c(F)cc1C.Cl. The fraction of sp³-hybridized carbons (Fsp3) is 0.143. The summed E-state index contributed by atoms with van der Waals surface area (Å²) < 4.78 is 18.3. The lowest BCUT2D eigenvalue weighted by Crippen LogP contribution is -2.18. The number of nitrogens with one attached hydrogen (secondary N) is 2. The van der Waals surface area contributed by atoms with Crippen LogP contribution in [0.2, 0.25) is 0 Å². The van der Waals surface area contributed by atoms with E-state index in [2.05, 4.69) is 25.8 Å². The number of nitrogens with zero attached hydrogens (tertiary/aromatic N) is 5. The monoisotopic (exact) mass is 531 g/mol. The van der Waals surface area contributed by atoms with Crippen molar-refractivity contribution in [2.45, 2.75) is 27.3 Å². The van der Waals surface area contributed by atoms with Gasteiger partial charge in [-0.1, -0.05) is 6.07 Å². The van der Waals surface area contributed by atoms with E-state index in [-0.39, 0.29) is 24.0 Å². The minimum absolute atomic E-state index is 0. The minimum atomic E-state index is -0.423. The van der Waals surface area contributed by atoms with Gasteiger partial charge < -0.3 is 10.6 Å². The lowest BCUT2D eigenvalue weighted by Gasteiger charge is -2.14. The normalized spacial score (nSPS) is 11.1. The molecule has 5 rings (SSSR count). The van der Waals surface area contributed by atoms with Gasteiger partial charge in [-0.3, -0.25) is 14.5 Å². The molecule has 0 radical (unpaired) electrons. The molecule has 2 aromatic carbocycles. The first-order valence-electron chi connectivity index (χ1n) is 11.9. The van der Waals surface area contributed by atoms with Gasteiger partial charge in [-0.15, -0.1) is 12.4 Å². The van der Waals surface area contributed by atoms with Crippen molar-refractivity contribution in [1.29, 1.82) is 0 Å². The Labute approximate surface area is 225 Å². The number of fused-ring (bicyclic) bond motifs is 1. The summed E-state index contributed by atoms with van der Waals surface area (Å²) in [5.74, 6) is -0.721. The predicted molar refractivity (Wildman–Crippen MR) is 151 cm³/mol. The zero-order chi connectivity index (χ0) is 25.9. The lowest BCUT2D eigenvalue weighted by molar-refractivity contribution is 0.101. The summed E-state index contributed by atoms with van der Waals surface area (Å²) in [6, 6.07) is 16.1. The van der Waals surface area contributed by atoms with E-state index in [0.717, 1.165) is 22.3 Å². The molecule has 2 N–H and O–H groups in total. The molecule has 3 heterocycles. The van der Waals surface area contributed by atoms with Crippen LogP contribution in [0.3, 0.4) is 0 Å². The molecule has 5 aromatic rings. The van der Waals surface area contributed by atoms with Gasteiger partial charge in [0.2, 0.25) is 0 Å². The minimum Gasteiger partial charge on any atom is -0.353 e. The van der Waals surface area contributed by atoms with Gasteiger partial charge in [-0.05, 0) is 80.9 Å². The Kier molecular flexibility index (Phi) is 7.87. The van der Waals surface area contributed by atoms with Crippen LogP contribution in [0.5, 0.6) is 0 Å². The predicted octanol–water partition coefficient (Wildman–Crippen LogP) is 6.45. The molecule has 0 aliphatic rings. The summed E-state index contributed by atoms with van der Waals surface area (Å²) in [7, 11) is 0. The zero-order valence-electron chi connectivity index (χ0n) is 21.1. The second-order valence-electron chi connectivity index (χ2n) is 8.65. The molecule has 0 unspecified atom stereocenters. The summed E-state index contributed by atoms with van der Waals surface area (Å²) in [4.78, 5) is 17.2. The second-order valence-corrected chi connectivity index (χ2v) is 8.65. The fourth-order valence-corrected chi connectivity index (χ4v) is 4.07. The third-order valence-electron chi connectivity index (χ3n) is 5.95. The van der Waals surface area contributed by atoms with E-state index in [1.54, 1.807) is 40.8 Å². The van der Waals surface area contributed by atoms with Gasteiger partial charge in [-0.25, -0.2) is 9.07 Å². The lowest BCUT2D eigenvalue weighted by atomic mass is 10.1. The molecule has 0 spiro atoms. The Bertz CT molecular complexity index is 1630. The van der Waals surface area contributed by atoms with Gasteiger partial charge in [0.1, 0.15) is 11.5 Å². The number of aromatic nitrogens is 5. The van der Waals surface area contributed by atoms with Crippen molar-refractivity contribution in [3.63, 3.8) is 0 Å². The van der Waals surface area contributed by atoms with Crippen LogP contribution < -0.4 is 10.6 Å². The van der Waals surface area contributed by atoms with Crippen LogP contribution in [-0.4, -0.2) is 30.5 Å². The van der Waals surface area contributed by atoms with Crippen LogP contribution in [-0.2, 0) is 6.54 Å². The molecule has 0 aliphatic heterocycles. The Morgan fingerprint density at radius 2 is 1.92 bits per heavy atom. The first-order valence-corrected chi connectivity index (χ1v) is 11.9. The van der Waals surface area contributed by atoms with Gasteiger partial charge >= 0.3 is 0 Å². The summed E-state index contributed by atoms with van der Waals surface area (Å²) >= 11 is 0. The topological polar surface area (TPSA) is 89.7 Å². The van der Waals surface area contributed by atoms with E-state index >= 15 is 0 Å². The van der Waals surface area contributed by atoms with Crippen molar-refractivity contribution in [2.75, 3.05) is 10.6 Å². The van der Waals surface area contributed by atoms with Gasteiger partial charge in [0.25, 0.3) is 5.91 Å². The average molecular weight is 532 g/mol. The number of anilines is 3. The first kappa shape index (κ1) is 26.6. The molecular formula is C28H27ClFN7O. The van der Waals surface area contributed by atoms with Crippen molar-refractivity contribution in [1.82, 2.24) is 24.5 Å². The Hall–Kier alpha value is -4.50. The summed E-state index contributed by atoms with van der Waals surface area (Å²) in [6.45, 7) is 6.09. The summed E-state index contributed by atoms with van der Waals surface area (Å²) in [5, 5.41) is 15.7. The number of hydrogen-bond acceptors (Lipinski definition) is 5. The summed E-state index contributed by atoms with van der Waals surface area (Å²) in [6.07, 6.45) is 7.20. The van der Waals surface area contributed by atoms with Gasteiger partial charge in [-0.2, -0.15) is 10.2 Å². The second kappa shape index (κ2) is 11.3. The van der Waals surface area contributed by atoms with Crippen molar-refractivity contribution in [3.05, 3.63) is 95.5 Å². The van der Waals surface area contributed by atoms with E-state index in [1.807, 2.05) is 62.5 Å². The van der Waals surface area contributed by atoms with Crippen molar-refractivity contribution in [2.24, 2.45) is 0 Å². The molecule has 0 saturated heterocycles. The Morgan fingerprint density at radius 1 is 1.08 bits per heavy atom.